The van der Waals surface area contributed by atoms with Gasteiger partial charge in [0.1, 0.15) is 0 Å². The van der Waals surface area contributed by atoms with Gasteiger partial charge in [0.25, 0.3) is 0 Å². The van der Waals surface area contributed by atoms with Gasteiger partial charge < -0.3 is 5.11 Å². The van der Waals surface area contributed by atoms with E-state index in [1.165, 1.54) is 6.07 Å². The van der Waals surface area contributed by atoms with Crippen molar-refractivity contribution in [1.82, 2.24) is 4.90 Å². The summed E-state index contributed by atoms with van der Waals surface area (Å²) < 4.78 is 44.4. The summed E-state index contributed by atoms with van der Waals surface area (Å²) in [5.74, 6) is -2.03. The highest BCUT2D eigenvalue weighted by Crippen LogP contribution is 2.46. The van der Waals surface area contributed by atoms with E-state index >= 15 is 0 Å². The highest BCUT2D eigenvalue weighted by Gasteiger charge is 2.42. The van der Waals surface area contributed by atoms with Crippen LogP contribution in [0, 0.1) is 11.8 Å². The lowest BCUT2D eigenvalue weighted by atomic mass is 9.80. The van der Waals surface area contributed by atoms with Gasteiger partial charge in [0.15, 0.2) is 0 Å². The van der Waals surface area contributed by atoms with Crippen LogP contribution in [0.15, 0.2) is 42.5 Å². The predicted octanol–water partition coefficient (Wildman–Crippen LogP) is 8.16. The largest absolute Gasteiger partial charge is 0.481 e. The van der Waals surface area contributed by atoms with Crippen LogP contribution in [-0.2, 0) is 11.0 Å². The van der Waals surface area contributed by atoms with Crippen molar-refractivity contribution < 1.29 is 23.1 Å². The molecule has 3 rings (SSSR count). The molecule has 192 valence electrons. The summed E-state index contributed by atoms with van der Waals surface area (Å²) in [6.45, 7) is 9.43. The molecule has 2 unspecified atom stereocenters. The van der Waals surface area contributed by atoms with Gasteiger partial charge in [-0.05, 0) is 85.0 Å². The fourth-order valence-corrected chi connectivity index (χ4v) is 5.22. The fourth-order valence-electron chi connectivity index (χ4n) is 5.22. The second-order valence-electron chi connectivity index (χ2n) is 10.6. The number of aliphatic carboxylic acids is 1. The number of hydrogen-bond acceptors (Lipinski definition) is 2. The van der Waals surface area contributed by atoms with E-state index in [0.29, 0.717) is 17.9 Å². The first-order valence-corrected chi connectivity index (χ1v) is 12.8. The summed E-state index contributed by atoms with van der Waals surface area (Å²) in [5, 5.41) is 10.0. The molecule has 1 saturated heterocycles. The number of piperidine rings is 1. The molecule has 1 N–H and O–H groups in total. The molecule has 2 aromatic rings. The highest BCUT2D eigenvalue weighted by atomic mass is 19.4. The SMILES string of the molecule is CC(C)CCN1CCCCC1c1cc(-c2ccccc2)cc(C(CC(C)C)C(=O)O)c1C(F)(F)F. The van der Waals surface area contributed by atoms with Crippen LogP contribution in [0.2, 0.25) is 0 Å². The summed E-state index contributed by atoms with van der Waals surface area (Å²) >= 11 is 0. The van der Waals surface area contributed by atoms with Gasteiger partial charge in [-0.25, -0.2) is 0 Å². The number of halogens is 3. The molecule has 1 aliphatic heterocycles. The minimum absolute atomic E-state index is 0.0572. The number of likely N-dealkylation sites (tertiary alicyclic amines) is 1. The third-order valence-electron chi connectivity index (χ3n) is 6.94. The zero-order valence-corrected chi connectivity index (χ0v) is 21.2. The number of rotatable bonds is 9. The lowest BCUT2D eigenvalue weighted by Crippen LogP contribution is -2.36. The molecule has 35 heavy (non-hydrogen) atoms. The molecule has 0 spiro atoms. The molecular formula is C29H38F3NO2. The molecule has 0 aromatic heterocycles. The summed E-state index contributed by atoms with van der Waals surface area (Å²) in [6, 6.07) is 12.1. The minimum atomic E-state index is -4.65. The van der Waals surface area contributed by atoms with E-state index < -0.39 is 23.6 Å². The zero-order valence-electron chi connectivity index (χ0n) is 21.2. The first kappa shape index (κ1) is 27.3. The number of hydrogen-bond donors (Lipinski definition) is 1. The molecule has 0 saturated carbocycles. The second-order valence-corrected chi connectivity index (χ2v) is 10.6. The average Bonchev–Trinajstić information content (AvgIpc) is 2.80. The van der Waals surface area contributed by atoms with Crippen molar-refractivity contribution in [3.05, 3.63) is 59.2 Å². The molecule has 0 radical (unpaired) electrons. The fraction of sp³-hybridized carbons (Fsp3) is 0.552. The summed E-state index contributed by atoms with van der Waals surface area (Å²) in [4.78, 5) is 14.5. The van der Waals surface area contributed by atoms with Crippen molar-refractivity contribution in [3.63, 3.8) is 0 Å². The lowest BCUT2D eigenvalue weighted by Gasteiger charge is -2.38. The van der Waals surface area contributed by atoms with Gasteiger partial charge >= 0.3 is 12.1 Å². The Bertz CT molecular complexity index is 985. The first-order chi connectivity index (χ1) is 16.5. The van der Waals surface area contributed by atoms with E-state index in [9.17, 15) is 23.1 Å². The molecule has 1 heterocycles. The van der Waals surface area contributed by atoms with Crippen LogP contribution < -0.4 is 0 Å². The smallest absolute Gasteiger partial charge is 0.417 e. The maximum absolute atomic E-state index is 14.8. The van der Waals surface area contributed by atoms with E-state index in [1.807, 2.05) is 44.2 Å². The molecule has 2 atom stereocenters. The van der Waals surface area contributed by atoms with E-state index in [0.717, 1.165) is 37.9 Å². The van der Waals surface area contributed by atoms with Crippen molar-refractivity contribution in [2.24, 2.45) is 11.8 Å². The number of benzene rings is 2. The Balaban J connectivity index is 2.28. The highest BCUT2D eigenvalue weighted by molar-refractivity contribution is 5.79. The molecule has 1 fully saturated rings. The van der Waals surface area contributed by atoms with Crippen molar-refractivity contribution >= 4 is 5.97 Å². The summed E-state index contributed by atoms with van der Waals surface area (Å²) in [7, 11) is 0. The zero-order chi connectivity index (χ0) is 25.8. The Morgan fingerprint density at radius 1 is 1.03 bits per heavy atom. The van der Waals surface area contributed by atoms with Gasteiger partial charge in [-0.2, -0.15) is 13.2 Å². The average molecular weight is 490 g/mol. The van der Waals surface area contributed by atoms with Crippen LogP contribution in [0.1, 0.15) is 88.4 Å². The van der Waals surface area contributed by atoms with Crippen LogP contribution in [-0.4, -0.2) is 29.1 Å². The minimum Gasteiger partial charge on any atom is -0.481 e. The molecule has 0 bridgehead atoms. The van der Waals surface area contributed by atoms with Crippen LogP contribution in [0.3, 0.4) is 0 Å². The Morgan fingerprint density at radius 2 is 1.71 bits per heavy atom. The molecule has 0 amide bonds. The summed E-state index contributed by atoms with van der Waals surface area (Å²) in [6.07, 6.45) is -1.12. The Kier molecular flexibility index (Phi) is 9.03. The van der Waals surface area contributed by atoms with Crippen molar-refractivity contribution in [2.75, 3.05) is 13.1 Å². The predicted molar refractivity (Wildman–Crippen MR) is 134 cm³/mol. The van der Waals surface area contributed by atoms with Crippen molar-refractivity contribution in [1.29, 1.82) is 0 Å². The van der Waals surface area contributed by atoms with E-state index in [2.05, 4.69) is 18.7 Å². The van der Waals surface area contributed by atoms with Crippen molar-refractivity contribution in [2.45, 2.75) is 77.9 Å². The molecule has 2 aromatic carbocycles. The van der Waals surface area contributed by atoms with Gasteiger partial charge in [-0.1, -0.05) is 64.4 Å². The first-order valence-electron chi connectivity index (χ1n) is 12.8. The van der Waals surface area contributed by atoms with Crippen molar-refractivity contribution in [3.8, 4) is 11.1 Å². The van der Waals surface area contributed by atoms with Crippen LogP contribution in [0.25, 0.3) is 11.1 Å². The number of nitrogens with zero attached hydrogens (tertiary/aromatic N) is 1. The van der Waals surface area contributed by atoms with Crippen LogP contribution >= 0.6 is 0 Å². The number of carboxylic acids is 1. The number of carboxylic acid groups (broad SMARTS) is 1. The van der Waals surface area contributed by atoms with Crippen LogP contribution in [0.4, 0.5) is 13.2 Å². The van der Waals surface area contributed by atoms with E-state index in [-0.39, 0.29) is 29.5 Å². The van der Waals surface area contributed by atoms with E-state index in [1.54, 1.807) is 6.07 Å². The van der Waals surface area contributed by atoms with Crippen LogP contribution in [0.5, 0.6) is 0 Å². The van der Waals surface area contributed by atoms with Gasteiger partial charge in [-0.3, -0.25) is 9.69 Å². The molecule has 1 aliphatic rings. The maximum Gasteiger partial charge on any atom is 0.417 e. The molecule has 6 heteroatoms. The molecular weight excluding hydrogens is 451 g/mol. The Hall–Kier alpha value is -2.34. The third kappa shape index (κ3) is 6.87. The van der Waals surface area contributed by atoms with Gasteiger partial charge in [0, 0.05) is 6.04 Å². The Morgan fingerprint density at radius 3 is 2.29 bits per heavy atom. The van der Waals surface area contributed by atoms with Gasteiger partial charge in [-0.15, -0.1) is 0 Å². The third-order valence-corrected chi connectivity index (χ3v) is 6.94. The normalized spacial score (nSPS) is 18.3. The standard InChI is InChI=1S/C29H38F3NO2/c1-19(2)13-15-33-14-9-8-12-26(33)25-18-22(21-10-6-5-7-11-21)17-23(27(25)29(30,31)32)24(28(34)35)16-20(3)4/h5-7,10-11,17-20,24,26H,8-9,12-16H2,1-4H3,(H,34,35). The molecule has 0 aliphatic carbocycles. The molecule has 3 nitrogen and oxygen atoms in total. The van der Waals surface area contributed by atoms with Gasteiger partial charge in [0.2, 0.25) is 0 Å². The number of alkyl halides is 3. The lowest BCUT2D eigenvalue weighted by molar-refractivity contribution is -0.142. The maximum atomic E-state index is 14.8. The summed E-state index contributed by atoms with van der Waals surface area (Å²) in [5.41, 5.74) is 0.818. The second kappa shape index (κ2) is 11.6. The topological polar surface area (TPSA) is 40.5 Å². The number of carbonyl (C=O) groups is 1. The Labute approximate surface area is 207 Å². The monoisotopic (exact) mass is 489 g/mol. The quantitative estimate of drug-likeness (QED) is 0.386. The van der Waals surface area contributed by atoms with Gasteiger partial charge in [0.05, 0.1) is 11.5 Å². The van der Waals surface area contributed by atoms with E-state index in [4.69, 9.17) is 0 Å².